The normalized spacial score (nSPS) is 31.7. The van der Waals surface area contributed by atoms with E-state index in [-0.39, 0.29) is 22.8 Å². The summed E-state index contributed by atoms with van der Waals surface area (Å²) < 4.78 is 54.8. The Morgan fingerprint density at radius 1 is 0.717 bits per heavy atom. The van der Waals surface area contributed by atoms with Crippen LogP contribution in [0.1, 0.15) is 12.1 Å². The van der Waals surface area contributed by atoms with Gasteiger partial charge in [-0.15, -0.1) is 10.2 Å². The molecule has 2 aliphatic heterocycles. The van der Waals surface area contributed by atoms with Crippen LogP contribution in [-0.2, 0) is 9.47 Å². The van der Waals surface area contributed by atoms with Crippen molar-refractivity contribution in [1.82, 2.24) is 40.0 Å². The van der Waals surface area contributed by atoms with Crippen LogP contribution < -0.4 is 0 Å². The van der Waals surface area contributed by atoms with Gasteiger partial charge in [0.1, 0.15) is 71.0 Å². The van der Waals surface area contributed by atoms with E-state index in [1.165, 1.54) is 23.3 Å². The first-order valence-corrected chi connectivity index (χ1v) is 14.7. The number of aliphatic hydroxyl groups is 6. The van der Waals surface area contributed by atoms with Crippen LogP contribution in [0.3, 0.4) is 0 Å². The number of benzene rings is 1. The second-order valence-electron chi connectivity index (χ2n) is 10.5. The first kappa shape index (κ1) is 32.3. The molecular weight excluding hydrogens is 641 g/mol. The molecule has 46 heavy (non-hydrogen) atoms. The summed E-state index contributed by atoms with van der Waals surface area (Å²) in [5.41, 5.74) is -2.65. The minimum absolute atomic E-state index is 0.116. The molecule has 1 aromatic carbocycles. The average Bonchev–Trinajstić information content (AvgIpc) is 3.74. The number of aliphatic hydroxyl groups excluding tert-OH is 6. The number of rotatable bonds is 8. The van der Waals surface area contributed by atoms with Gasteiger partial charge in [-0.25, -0.2) is 32.5 Å². The van der Waals surface area contributed by atoms with Crippen LogP contribution >= 0.6 is 11.8 Å². The van der Waals surface area contributed by atoms with E-state index in [0.29, 0.717) is 12.1 Å². The van der Waals surface area contributed by atoms with Crippen LogP contribution in [-0.4, -0.2) is 131 Å². The van der Waals surface area contributed by atoms with Crippen LogP contribution in [0.5, 0.6) is 0 Å². The summed E-state index contributed by atoms with van der Waals surface area (Å²) in [6.45, 7) is -1.37. The molecule has 6 N–H and O–H groups in total. The van der Waals surface area contributed by atoms with Gasteiger partial charge in [-0.05, 0) is 18.2 Å². The largest absolute Gasteiger partial charge is 0.394 e. The standard InChI is InChI=1S/C26H27F3N8O8S/c27-11-4-10(5-12(28)17(11)29)13-6-36(34-32-13)18-20(40)15(8-38)44-25(22(18)42)46-26-23(43)19(21(41)16(9-39)45-26)37-7-14(33-35-37)24-30-2-1-3-31-24/h1-7,15-16,18-23,25-26,38-43H,8-9H2/t15?,16-,18+,19?,20+,21?,22?,23-,25+,26+/m1/s1. The third-order valence-electron chi connectivity index (χ3n) is 7.67. The molecule has 0 aliphatic carbocycles. The summed E-state index contributed by atoms with van der Waals surface area (Å²) >= 11 is 0.731. The average molecular weight is 669 g/mol. The molecule has 6 rings (SSSR count). The summed E-state index contributed by atoms with van der Waals surface area (Å²) in [7, 11) is 0. The number of nitrogens with zero attached hydrogens (tertiary/aromatic N) is 8. The quantitative estimate of drug-likeness (QED) is 0.121. The molecule has 0 spiro atoms. The van der Waals surface area contributed by atoms with Gasteiger partial charge in [-0.2, -0.15) is 0 Å². The molecule has 0 bridgehead atoms. The predicted octanol–water partition coefficient (Wildman–Crippen LogP) is -1.20. The lowest BCUT2D eigenvalue weighted by molar-refractivity contribution is -0.189. The summed E-state index contributed by atoms with van der Waals surface area (Å²) in [5.74, 6) is -4.35. The van der Waals surface area contributed by atoms with Crippen molar-refractivity contribution in [2.45, 2.75) is 59.6 Å². The SMILES string of the molecule is OCC1O[C@@H](S[C@@H]2O[C@H](CO)C(O)C(n3cc(-c4ncccn4)nn3)[C@H]2O)C(O)[C@@H](n2cc(-c3cc(F)c(F)c(F)c3)nn2)[C@H]1O. The van der Waals surface area contributed by atoms with Gasteiger partial charge >= 0.3 is 0 Å². The summed E-state index contributed by atoms with van der Waals surface area (Å²) in [5, 5.41) is 80.2. The lowest BCUT2D eigenvalue weighted by Crippen LogP contribution is -2.58. The number of thioether (sulfide) groups is 1. The van der Waals surface area contributed by atoms with Crippen molar-refractivity contribution in [3.63, 3.8) is 0 Å². The first-order valence-electron chi connectivity index (χ1n) is 13.8. The smallest absolute Gasteiger partial charge is 0.194 e. The van der Waals surface area contributed by atoms with Crippen LogP contribution in [0.4, 0.5) is 13.2 Å². The van der Waals surface area contributed by atoms with Crippen molar-refractivity contribution in [3.05, 3.63) is 60.4 Å². The lowest BCUT2D eigenvalue weighted by Gasteiger charge is -2.46. The molecule has 0 amide bonds. The monoisotopic (exact) mass is 668 g/mol. The molecule has 0 saturated carbocycles. The zero-order valence-electron chi connectivity index (χ0n) is 23.3. The van der Waals surface area contributed by atoms with Crippen LogP contribution in [0.15, 0.2) is 43.0 Å². The zero-order valence-corrected chi connectivity index (χ0v) is 24.2. The summed E-state index contributed by atoms with van der Waals surface area (Å²) in [4.78, 5) is 8.19. The Morgan fingerprint density at radius 2 is 1.20 bits per heavy atom. The molecule has 4 aromatic rings. The zero-order chi connectivity index (χ0) is 32.7. The third kappa shape index (κ3) is 5.98. The van der Waals surface area contributed by atoms with E-state index >= 15 is 0 Å². The molecule has 20 heteroatoms. The van der Waals surface area contributed by atoms with E-state index in [1.807, 2.05) is 0 Å². The molecule has 2 fully saturated rings. The van der Waals surface area contributed by atoms with Gasteiger partial charge in [0, 0.05) is 18.0 Å². The molecule has 4 unspecified atom stereocenters. The highest BCUT2D eigenvalue weighted by Crippen LogP contribution is 2.42. The summed E-state index contributed by atoms with van der Waals surface area (Å²) in [6, 6.07) is 0.454. The van der Waals surface area contributed by atoms with E-state index in [9.17, 15) is 43.8 Å². The minimum atomic E-state index is -1.67. The Morgan fingerprint density at radius 3 is 1.70 bits per heavy atom. The van der Waals surface area contributed by atoms with Gasteiger partial charge in [0.05, 0.1) is 25.6 Å². The molecule has 246 valence electrons. The molecule has 2 aliphatic rings. The Hall–Kier alpha value is -3.60. The highest BCUT2D eigenvalue weighted by atomic mass is 32.2. The minimum Gasteiger partial charge on any atom is -0.394 e. The van der Waals surface area contributed by atoms with Crippen molar-refractivity contribution >= 4 is 11.8 Å². The molecule has 5 heterocycles. The molecular formula is C26H27F3N8O8S. The highest BCUT2D eigenvalue weighted by Gasteiger charge is 2.51. The van der Waals surface area contributed by atoms with Crippen molar-refractivity contribution in [3.8, 4) is 22.8 Å². The van der Waals surface area contributed by atoms with Gasteiger partial charge in [-0.1, -0.05) is 22.2 Å². The first-order chi connectivity index (χ1) is 22.1. The van der Waals surface area contributed by atoms with Crippen molar-refractivity contribution in [2.24, 2.45) is 0 Å². The van der Waals surface area contributed by atoms with Crippen molar-refractivity contribution in [2.75, 3.05) is 13.2 Å². The number of halogens is 3. The van der Waals surface area contributed by atoms with Gasteiger partial charge in [0.2, 0.25) is 0 Å². The van der Waals surface area contributed by atoms with Crippen molar-refractivity contribution < 1.29 is 53.3 Å². The highest BCUT2D eigenvalue weighted by molar-refractivity contribution is 8.00. The third-order valence-corrected chi connectivity index (χ3v) is 8.99. The maximum atomic E-state index is 13.8. The topological polar surface area (TPSA) is 227 Å². The fraction of sp³-hybridized carbons (Fsp3) is 0.462. The van der Waals surface area contributed by atoms with Gasteiger partial charge in [-0.3, -0.25) is 0 Å². The number of hydrogen-bond donors (Lipinski definition) is 6. The Bertz CT molecular complexity index is 1630. The fourth-order valence-electron chi connectivity index (χ4n) is 5.33. The maximum Gasteiger partial charge on any atom is 0.194 e. The maximum absolute atomic E-state index is 13.8. The van der Waals surface area contributed by atoms with Gasteiger partial charge < -0.3 is 40.1 Å². The number of ether oxygens (including phenoxy) is 2. The van der Waals surface area contributed by atoms with E-state index < -0.39 is 90.2 Å². The Kier molecular flexibility index (Phi) is 9.32. The Balaban J connectivity index is 1.25. The second-order valence-corrected chi connectivity index (χ2v) is 11.7. The molecule has 16 nitrogen and oxygen atoms in total. The van der Waals surface area contributed by atoms with Crippen LogP contribution in [0.25, 0.3) is 22.8 Å². The number of hydrogen-bond acceptors (Lipinski definition) is 15. The molecule has 2 saturated heterocycles. The van der Waals surface area contributed by atoms with E-state index in [0.717, 1.165) is 22.6 Å². The van der Waals surface area contributed by atoms with Crippen LogP contribution in [0.2, 0.25) is 0 Å². The van der Waals surface area contributed by atoms with Crippen molar-refractivity contribution in [1.29, 1.82) is 0 Å². The van der Waals surface area contributed by atoms with Crippen LogP contribution in [0, 0.1) is 17.5 Å². The molecule has 0 radical (unpaired) electrons. The van der Waals surface area contributed by atoms with Gasteiger partial charge in [0.25, 0.3) is 0 Å². The van der Waals surface area contributed by atoms with E-state index in [1.54, 1.807) is 6.07 Å². The molecule has 3 aromatic heterocycles. The molecule has 10 atom stereocenters. The Labute approximate surface area is 261 Å². The predicted molar refractivity (Wildman–Crippen MR) is 148 cm³/mol. The number of aromatic nitrogens is 8. The van der Waals surface area contributed by atoms with E-state index in [2.05, 4.69) is 30.6 Å². The lowest BCUT2D eigenvalue weighted by atomic mass is 9.97. The summed E-state index contributed by atoms with van der Waals surface area (Å²) in [6.07, 6.45) is -3.17. The van der Waals surface area contributed by atoms with Gasteiger partial charge in [0.15, 0.2) is 23.3 Å². The second kappa shape index (κ2) is 13.3. The fourth-order valence-corrected chi connectivity index (χ4v) is 6.65. The van der Waals surface area contributed by atoms with E-state index in [4.69, 9.17) is 9.47 Å².